The van der Waals surface area contributed by atoms with Gasteiger partial charge in [0.15, 0.2) is 5.65 Å². The van der Waals surface area contributed by atoms with Crippen molar-refractivity contribution in [2.45, 2.75) is 0 Å². The van der Waals surface area contributed by atoms with Gasteiger partial charge in [0.25, 0.3) is 5.91 Å². The van der Waals surface area contributed by atoms with Crippen LogP contribution in [0.25, 0.3) is 28.2 Å². The number of nitriles is 1. The number of hydrogen-bond donors (Lipinski definition) is 0. The topological polar surface area (TPSA) is 86.8 Å². The molecule has 8 heteroatoms. The van der Waals surface area contributed by atoms with E-state index in [1.807, 2.05) is 45.8 Å². The van der Waals surface area contributed by atoms with Crippen LogP contribution in [-0.2, 0) is 0 Å². The standard InChI is InChI=1S/C26H24N6O2/c1-30-9-11-31(12-10-30)26(33)21-8-7-20(13-24(21)34-2)22-17-32-23(15-29-25(32)16-28-22)19-5-3-18(14-27)4-6-19/h3-8,13,15-17H,9-12H2,1-2H3. The minimum absolute atomic E-state index is 0.0161. The second-order valence-electron chi connectivity index (χ2n) is 8.34. The van der Waals surface area contributed by atoms with Crippen molar-refractivity contribution in [2.75, 3.05) is 40.3 Å². The van der Waals surface area contributed by atoms with Gasteiger partial charge in [-0.15, -0.1) is 0 Å². The van der Waals surface area contributed by atoms with Crippen LogP contribution in [0, 0.1) is 11.3 Å². The van der Waals surface area contributed by atoms with Crippen LogP contribution in [0.15, 0.2) is 61.1 Å². The Balaban J connectivity index is 1.48. The highest BCUT2D eigenvalue weighted by molar-refractivity contribution is 5.97. The summed E-state index contributed by atoms with van der Waals surface area (Å²) in [5.74, 6) is 0.513. The van der Waals surface area contributed by atoms with Crippen LogP contribution < -0.4 is 4.74 Å². The first-order valence-electron chi connectivity index (χ1n) is 11.1. The molecule has 2 aromatic heterocycles. The molecule has 0 aliphatic carbocycles. The molecule has 0 bridgehead atoms. The molecule has 3 heterocycles. The van der Waals surface area contributed by atoms with E-state index < -0.39 is 0 Å². The van der Waals surface area contributed by atoms with Crippen molar-refractivity contribution in [1.29, 1.82) is 5.26 Å². The Bertz CT molecular complexity index is 1400. The maximum Gasteiger partial charge on any atom is 0.257 e. The van der Waals surface area contributed by atoms with E-state index in [0.717, 1.165) is 41.3 Å². The third-order valence-corrected chi connectivity index (χ3v) is 6.22. The minimum Gasteiger partial charge on any atom is -0.496 e. The fourth-order valence-corrected chi connectivity index (χ4v) is 4.17. The van der Waals surface area contributed by atoms with Gasteiger partial charge in [0.2, 0.25) is 0 Å². The normalized spacial score (nSPS) is 14.2. The number of carbonyl (C=O) groups is 1. The number of likely N-dealkylation sites (N-methyl/N-ethyl adjacent to an activating group) is 1. The van der Waals surface area contributed by atoms with Gasteiger partial charge in [-0.1, -0.05) is 18.2 Å². The molecule has 8 nitrogen and oxygen atoms in total. The van der Waals surface area contributed by atoms with Crippen LogP contribution in [0.1, 0.15) is 15.9 Å². The Labute approximate surface area is 197 Å². The predicted molar refractivity (Wildman–Crippen MR) is 129 cm³/mol. The van der Waals surface area contributed by atoms with Gasteiger partial charge in [-0.05, 0) is 31.3 Å². The lowest BCUT2D eigenvalue weighted by Crippen LogP contribution is -2.47. The van der Waals surface area contributed by atoms with Crippen LogP contribution in [0.4, 0.5) is 0 Å². The van der Waals surface area contributed by atoms with Crippen LogP contribution in [0.5, 0.6) is 5.75 Å². The number of amides is 1. The lowest BCUT2D eigenvalue weighted by atomic mass is 10.1. The van der Waals surface area contributed by atoms with Gasteiger partial charge in [0.1, 0.15) is 5.75 Å². The first-order valence-corrected chi connectivity index (χ1v) is 11.1. The van der Waals surface area contributed by atoms with Gasteiger partial charge in [-0.2, -0.15) is 5.26 Å². The highest BCUT2D eigenvalue weighted by atomic mass is 16.5. The van der Waals surface area contributed by atoms with Gasteiger partial charge < -0.3 is 14.5 Å². The average Bonchev–Trinajstić information content (AvgIpc) is 3.31. The Hall–Kier alpha value is -4.22. The van der Waals surface area contributed by atoms with Crippen molar-refractivity contribution >= 4 is 11.6 Å². The highest BCUT2D eigenvalue weighted by Gasteiger charge is 2.23. The molecule has 34 heavy (non-hydrogen) atoms. The van der Waals surface area contributed by atoms with E-state index in [9.17, 15) is 4.79 Å². The van der Waals surface area contributed by atoms with E-state index >= 15 is 0 Å². The second-order valence-corrected chi connectivity index (χ2v) is 8.34. The molecule has 1 aliphatic rings. The van der Waals surface area contributed by atoms with Crippen molar-refractivity contribution in [1.82, 2.24) is 24.2 Å². The van der Waals surface area contributed by atoms with Gasteiger partial charge in [0, 0.05) is 43.5 Å². The molecule has 1 amide bonds. The zero-order valence-corrected chi connectivity index (χ0v) is 19.1. The fraction of sp³-hybridized carbons (Fsp3) is 0.231. The third kappa shape index (κ3) is 3.98. The SMILES string of the molecule is COc1cc(-c2cn3c(-c4ccc(C#N)cc4)cnc3cn2)ccc1C(=O)N1CCN(C)CC1. The van der Waals surface area contributed by atoms with Gasteiger partial charge >= 0.3 is 0 Å². The molecule has 0 radical (unpaired) electrons. The number of aromatic nitrogens is 3. The number of piperazine rings is 1. The van der Waals surface area contributed by atoms with E-state index in [-0.39, 0.29) is 5.91 Å². The molecule has 1 saturated heterocycles. The van der Waals surface area contributed by atoms with E-state index in [1.54, 1.807) is 31.6 Å². The van der Waals surface area contributed by atoms with E-state index in [4.69, 9.17) is 10.00 Å². The molecule has 5 rings (SSSR count). The van der Waals surface area contributed by atoms with Crippen LogP contribution >= 0.6 is 0 Å². The number of rotatable bonds is 4. The monoisotopic (exact) mass is 452 g/mol. The highest BCUT2D eigenvalue weighted by Crippen LogP contribution is 2.29. The number of fused-ring (bicyclic) bond motifs is 1. The summed E-state index contributed by atoms with van der Waals surface area (Å²) in [7, 11) is 3.64. The van der Waals surface area contributed by atoms with Crippen LogP contribution in [0.3, 0.4) is 0 Å². The smallest absolute Gasteiger partial charge is 0.257 e. The first-order chi connectivity index (χ1) is 16.6. The second kappa shape index (κ2) is 8.96. The Morgan fingerprint density at radius 3 is 2.44 bits per heavy atom. The summed E-state index contributed by atoms with van der Waals surface area (Å²) in [6.07, 6.45) is 5.44. The van der Waals surface area contributed by atoms with Crippen molar-refractivity contribution < 1.29 is 9.53 Å². The molecule has 4 aromatic rings. The largest absolute Gasteiger partial charge is 0.496 e. The molecule has 0 saturated carbocycles. The number of hydrogen-bond acceptors (Lipinski definition) is 6. The molecule has 0 N–H and O–H groups in total. The number of nitrogens with zero attached hydrogens (tertiary/aromatic N) is 6. The Kier molecular flexibility index (Phi) is 5.70. The molecular weight excluding hydrogens is 428 g/mol. The molecule has 0 atom stereocenters. The van der Waals surface area contributed by atoms with E-state index in [2.05, 4.69) is 28.0 Å². The Morgan fingerprint density at radius 2 is 1.74 bits per heavy atom. The molecule has 1 aliphatic heterocycles. The summed E-state index contributed by atoms with van der Waals surface area (Å²) in [5, 5.41) is 9.06. The maximum absolute atomic E-state index is 13.1. The van der Waals surface area contributed by atoms with Gasteiger partial charge in [-0.25, -0.2) is 4.98 Å². The van der Waals surface area contributed by atoms with Crippen LogP contribution in [0.2, 0.25) is 0 Å². The number of ether oxygens (including phenoxy) is 1. The minimum atomic E-state index is -0.0161. The summed E-state index contributed by atoms with van der Waals surface area (Å²) < 4.78 is 7.57. The Morgan fingerprint density at radius 1 is 1.00 bits per heavy atom. The maximum atomic E-state index is 13.1. The summed E-state index contributed by atoms with van der Waals surface area (Å²) in [6, 6.07) is 15.1. The summed E-state index contributed by atoms with van der Waals surface area (Å²) >= 11 is 0. The zero-order chi connectivity index (χ0) is 23.7. The lowest BCUT2D eigenvalue weighted by Gasteiger charge is -2.32. The number of methoxy groups -OCH3 is 1. The van der Waals surface area contributed by atoms with E-state index in [0.29, 0.717) is 30.0 Å². The van der Waals surface area contributed by atoms with Crippen molar-refractivity contribution in [3.63, 3.8) is 0 Å². The lowest BCUT2D eigenvalue weighted by molar-refractivity contribution is 0.0661. The molecule has 1 fully saturated rings. The molecule has 170 valence electrons. The number of benzene rings is 2. The van der Waals surface area contributed by atoms with Crippen molar-refractivity contribution in [3.8, 4) is 34.3 Å². The van der Waals surface area contributed by atoms with Gasteiger partial charge in [-0.3, -0.25) is 14.2 Å². The molecule has 2 aromatic carbocycles. The summed E-state index contributed by atoms with van der Waals surface area (Å²) in [4.78, 5) is 26.2. The third-order valence-electron chi connectivity index (χ3n) is 6.22. The molecule has 0 unspecified atom stereocenters. The predicted octanol–water partition coefficient (Wildman–Crippen LogP) is 3.33. The number of imidazole rings is 1. The van der Waals surface area contributed by atoms with Crippen LogP contribution in [-0.4, -0.2) is 70.4 Å². The fourth-order valence-electron chi connectivity index (χ4n) is 4.17. The van der Waals surface area contributed by atoms with Crippen molar-refractivity contribution in [2.24, 2.45) is 0 Å². The average molecular weight is 453 g/mol. The molecular formula is C26H24N6O2. The van der Waals surface area contributed by atoms with Gasteiger partial charge in [0.05, 0.1) is 48.1 Å². The summed E-state index contributed by atoms with van der Waals surface area (Å²) in [6.45, 7) is 3.14. The zero-order valence-electron chi connectivity index (χ0n) is 19.1. The van der Waals surface area contributed by atoms with Crippen molar-refractivity contribution in [3.05, 3.63) is 72.2 Å². The quantitative estimate of drug-likeness (QED) is 0.472. The first kappa shape index (κ1) is 21.6. The molecule has 0 spiro atoms. The van der Waals surface area contributed by atoms with E-state index in [1.165, 1.54) is 0 Å². The summed E-state index contributed by atoms with van der Waals surface area (Å²) in [5.41, 5.74) is 5.31. The number of carbonyl (C=O) groups excluding carboxylic acids is 1.